The Morgan fingerprint density at radius 2 is 1.88 bits per heavy atom. The number of hydrogen-bond donors (Lipinski definition) is 2. The highest BCUT2D eigenvalue weighted by Crippen LogP contribution is 2.20. The Balaban J connectivity index is 2.20. The van der Waals surface area contributed by atoms with Crippen molar-refractivity contribution in [3.8, 4) is 0 Å². The molecule has 0 saturated heterocycles. The number of rotatable bonds is 9. The molecule has 1 rings (SSSR count). The average Bonchev–Trinajstić information content (AvgIpc) is 2.37. The maximum atomic E-state index is 8.67. The first-order valence-corrected chi connectivity index (χ1v) is 7.38. The summed E-state index contributed by atoms with van der Waals surface area (Å²) >= 11 is 1.90. The summed E-state index contributed by atoms with van der Waals surface area (Å²) in [6.45, 7) is 4.42. The Morgan fingerprint density at radius 3 is 2.53 bits per heavy atom. The van der Waals surface area contributed by atoms with Crippen LogP contribution in [0, 0.1) is 0 Å². The molecule has 0 amide bonds. The van der Waals surface area contributed by atoms with Gasteiger partial charge in [0.1, 0.15) is 0 Å². The van der Waals surface area contributed by atoms with Crippen molar-refractivity contribution >= 4 is 11.8 Å². The molecule has 1 aromatic rings. The third-order valence-electron chi connectivity index (χ3n) is 2.57. The zero-order chi connectivity index (χ0) is 12.3. The van der Waals surface area contributed by atoms with Crippen LogP contribution >= 0.6 is 11.8 Å². The smallest absolute Gasteiger partial charge is 0.0431 e. The van der Waals surface area contributed by atoms with Gasteiger partial charge in [-0.1, -0.05) is 25.5 Å². The van der Waals surface area contributed by atoms with Crippen molar-refractivity contribution in [2.45, 2.75) is 37.6 Å². The maximum absolute atomic E-state index is 8.67. The van der Waals surface area contributed by atoms with E-state index < -0.39 is 0 Å². The highest BCUT2D eigenvalue weighted by Gasteiger charge is 1.96. The van der Waals surface area contributed by atoms with E-state index in [0.717, 1.165) is 31.7 Å². The predicted molar refractivity (Wildman–Crippen MR) is 75.5 cm³/mol. The molecule has 1 aromatic carbocycles. The van der Waals surface area contributed by atoms with Crippen molar-refractivity contribution < 1.29 is 5.11 Å². The molecule has 0 aromatic heterocycles. The number of unbranched alkanes of at least 4 members (excludes halogenated alkanes) is 2. The Morgan fingerprint density at radius 1 is 1.12 bits per heavy atom. The molecule has 96 valence electrons. The fourth-order valence-corrected chi connectivity index (χ4v) is 2.47. The fourth-order valence-electron chi connectivity index (χ4n) is 1.55. The molecule has 0 fully saturated rings. The third-order valence-corrected chi connectivity index (χ3v) is 3.67. The first-order valence-electron chi connectivity index (χ1n) is 6.40. The number of benzene rings is 1. The van der Waals surface area contributed by atoms with E-state index in [2.05, 4.69) is 36.5 Å². The quantitative estimate of drug-likeness (QED) is 0.524. The summed E-state index contributed by atoms with van der Waals surface area (Å²) < 4.78 is 0. The SMILES string of the molecule is CCNCc1ccc(SCCCCCO)cc1. The normalized spacial score (nSPS) is 10.7. The molecule has 0 aliphatic rings. The van der Waals surface area contributed by atoms with E-state index in [1.54, 1.807) is 0 Å². The van der Waals surface area contributed by atoms with Crippen LogP contribution in [0.5, 0.6) is 0 Å². The Hall–Kier alpha value is -0.510. The van der Waals surface area contributed by atoms with E-state index in [0.29, 0.717) is 6.61 Å². The van der Waals surface area contributed by atoms with E-state index in [-0.39, 0.29) is 0 Å². The van der Waals surface area contributed by atoms with Gasteiger partial charge in [-0.2, -0.15) is 0 Å². The van der Waals surface area contributed by atoms with Crippen LogP contribution < -0.4 is 5.32 Å². The zero-order valence-corrected chi connectivity index (χ0v) is 11.4. The Kier molecular flexibility index (Phi) is 8.14. The minimum atomic E-state index is 0.323. The molecule has 2 N–H and O–H groups in total. The van der Waals surface area contributed by atoms with Gasteiger partial charge in [-0.25, -0.2) is 0 Å². The lowest BCUT2D eigenvalue weighted by atomic mass is 10.2. The van der Waals surface area contributed by atoms with Gasteiger partial charge in [-0.15, -0.1) is 11.8 Å². The first-order chi connectivity index (χ1) is 8.36. The predicted octanol–water partition coefficient (Wildman–Crippen LogP) is 3.05. The molecule has 0 spiro atoms. The van der Waals surface area contributed by atoms with Gasteiger partial charge in [0, 0.05) is 18.0 Å². The van der Waals surface area contributed by atoms with Gasteiger partial charge in [0.25, 0.3) is 0 Å². The number of nitrogens with one attached hydrogen (secondary N) is 1. The van der Waals surface area contributed by atoms with Crippen LogP contribution in [-0.4, -0.2) is 24.0 Å². The highest BCUT2D eigenvalue weighted by molar-refractivity contribution is 7.99. The van der Waals surface area contributed by atoms with Crippen LogP contribution in [-0.2, 0) is 6.54 Å². The lowest BCUT2D eigenvalue weighted by molar-refractivity contribution is 0.284. The minimum Gasteiger partial charge on any atom is -0.396 e. The molecule has 17 heavy (non-hydrogen) atoms. The zero-order valence-electron chi connectivity index (χ0n) is 10.6. The summed E-state index contributed by atoms with van der Waals surface area (Å²) in [5, 5.41) is 12.0. The summed E-state index contributed by atoms with van der Waals surface area (Å²) in [4.78, 5) is 1.34. The molecule has 0 heterocycles. The van der Waals surface area contributed by atoms with Gasteiger partial charge in [-0.05, 0) is 42.8 Å². The van der Waals surface area contributed by atoms with E-state index in [1.807, 2.05) is 11.8 Å². The van der Waals surface area contributed by atoms with Gasteiger partial charge in [-0.3, -0.25) is 0 Å². The standard InChI is InChI=1S/C14H23NOS/c1-2-15-12-13-6-8-14(9-7-13)17-11-5-3-4-10-16/h6-9,15-16H,2-5,10-12H2,1H3. The highest BCUT2D eigenvalue weighted by atomic mass is 32.2. The largest absolute Gasteiger partial charge is 0.396 e. The molecule has 0 radical (unpaired) electrons. The van der Waals surface area contributed by atoms with Gasteiger partial charge in [0.15, 0.2) is 0 Å². The summed E-state index contributed by atoms with van der Waals surface area (Å²) in [6.07, 6.45) is 3.24. The van der Waals surface area contributed by atoms with Crippen LogP contribution in [0.25, 0.3) is 0 Å². The van der Waals surface area contributed by atoms with Crippen LogP contribution in [0.15, 0.2) is 29.2 Å². The van der Waals surface area contributed by atoms with E-state index in [1.165, 1.54) is 16.9 Å². The number of aliphatic hydroxyl groups excluding tert-OH is 1. The van der Waals surface area contributed by atoms with Crippen molar-refractivity contribution in [1.29, 1.82) is 0 Å². The van der Waals surface area contributed by atoms with Crippen molar-refractivity contribution in [1.82, 2.24) is 5.32 Å². The maximum Gasteiger partial charge on any atom is 0.0431 e. The number of hydrogen-bond acceptors (Lipinski definition) is 3. The minimum absolute atomic E-state index is 0.323. The van der Waals surface area contributed by atoms with Crippen molar-refractivity contribution in [2.24, 2.45) is 0 Å². The van der Waals surface area contributed by atoms with Crippen LogP contribution in [0.2, 0.25) is 0 Å². The lowest BCUT2D eigenvalue weighted by Gasteiger charge is -2.04. The van der Waals surface area contributed by atoms with Gasteiger partial charge in [0.2, 0.25) is 0 Å². The van der Waals surface area contributed by atoms with Gasteiger partial charge < -0.3 is 10.4 Å². The summed E-state index contributed by atoms with van der Waals surface area (Å²) in [5.41, 5.74) is 1.34. The molecule has 2 nitrogen and oxygen atoms in total. The molecular weight excluding hydrogens is 230 g/mol. The topological polar surface area (TPSA) is 32.3 Å². The molecule has 0 aliphatic carbocycles. The van der Waals surface area contributed by atoms with E-state index >= 15 is 0 Å². The average molecular weight is 253 g/mol. The second-order valence-corrected chi connectivity index (χ2v) is 5.23. The lowest BCUT2D eigenvalue weighted by Crippen LogP contribution is -2.11. The molecule has 0 bridgehead atoms. The molecule has 0 atom stereocenters. The van der Waals surface area contributed by atoms with E-state index in [4.69, 9.17) is 5.11 Å². The Labute approximate surface area is 109 Å². The van der Waals surface area contributed by atoms with Crippen molar-refractivity contribution in [2.75, 3.05) is 18.9 Å². The van der Waals surface area contributed by atoms with Crippen LogP contribution in [0.1, 0.15) is 31.7 Å². The van der Waals surface area contributed by atoms with Gasteiger partial charge >= 0.3 is 0 Å². The molecule has 0 saturated carbocycles. The number of aliphatic hydroxyl groups is 1. The Bertz CT molecular complexity index is 287. The summed E-state index contributed by atoms with van der Waals surface area (Å²) in [5.74, 6) is 1.15. The second kappa shape index (κ2) is 9.51. The first kappa shape index (κ1) is 14.6. The monoisotopic (exact) mass is 253 g/mol. The van der Waals surface area contributed by atoms with Crippen molar-refractivity contribution in [3.05, 3.63) is 29.8 Å². The van der Waals surface area contributed by atoms with Crippen molar-refractivity contribution in [3.63, 3.8) is 0 Å². The third kappa shape index (κ3) is 6.71. The fraction of sp³-hybridized carbons (Fsp3) is 0.571. The molecule has 3 heteroatoms. The van der Waals surface area contributed by atoms with Gasteiger partial charge in [0.05, 0.1) is 0 Å². The van der Waals surface area contributed by atoms with Crippen LogP contribution in [0.3, 0.4) is 0 Å². The van der Waals surface area contributed by atoms with E-state index in [9.17, 15) is 0 Å². The molecule has 0 aliphatic heterocycles. The second-order valence-electron chi connectivity index (χ2n) is 4.06. The molecular formula is C14H23NOS. The summed E-state index contributed by atoms with van der Waals surface area (Å²) in [6, 6.07) is 8.78. The summed E-state index contributed by atoms with van der Waals surface area (Å²) in [7, 11) is 0. The molecule has 0 unspecified atom stereocenters. The van der Waals surface area contributed by atoms with Crippen LogP contribution in [0.4, 0.5) is 0 Å². The number of thioether (sulfide) groups is 1.